The number of rotatable bonds is 4. The molecule has 1 N–H and O–H groups in total. The Morgan fingerprint density at radius 2 is 2.07 bits per heavy atom. The molecule has 84 valence electrons. The van der Waals surface area contributed by atoms with Gasteiger partial charge in [-0.25, -0.2) is 0 Å². The summed E-state index contributed by atoms with van der Waals surface area (Å²) >= 11 is 5.87. The van der Waals surface area contributed by atoms with Crippen molar-refractivity contribution in [3.05, 3.63) is 28.8 Å². The van der Waals surface area contributed by atoms with Crippen molar-refractivity contribution in [1.29, 1.82) is 0 Å². The van der Waals surface area contributed by atoms with Crippen molar-refractivity contribution in [2.45, 2.75) is 12.5 Å². The number of aliphatic hydroxyl groups is 1. The van der Waals surface area contributed by atoms with Gasteiger partial charge in [0.15, 0.2) is 0 Å². The van der Waals surface area contributed by atoms with Gasteiger partial charge < -0.3 is 14.6 Å². The van der Waals surface area contributed by atoms with Gasteiger partial charge in [0.25, 0.3) is 0 Å². The van der Waals surface area contributed by atoms with Gasteiger partial charge in [-0.1, -0.05) is 11.6 Å². The molecule has 0 bridgehead atoms. The lowest BCUT2D eigenvalue weighted by Crippen LogP contribution is -2.27. The molecule has 0 spiro atoms. The molecule has 1 aromatic rings. The van der Waals surface area contributed by atoms with Crippen LogP contribution >= 0.6 is 11.6 Å². The summed E-state index contributed by atoms with van der Waals surface area (Å²) in [6.45, 7) is 1.84. The summed E-state index contributed by atoms with van der Waals surface area (Å²) in [4.78, 5) is 0. The van der Waals surface area contributed by atoms with Crippen LogP contribution in [0.3, 0.4) is 0 Å². The van der Waals surface area contributed by atoms with Crippen LogP contribution in [0.2, 0.25) is 5.02 Å². The van der Waals surface area contributed by atoms with E-state index in [1.807, 2.05) is 0 Å². The van der Waals surface area contributed by atoms with Gasteiger partial charge in [-0.3, -0.25) is 0 Å². The van der Waals surface area contributed by atoms with Crippen molar-refractivity contribution in [2.75, 3.05) is 20.8 Å². The standard InChI is InChI=1S/C11H15ClO3/c1-11(13,7-14-2)9-6-8(12)4-5-10(9)15-3/h4-6,13H,7H2,1-3H3. The summed E-state index contributed by atoms with van der Waals surface area (Å²) in [5.74, 6) is 0.599. The maximum Gasteiger partial charge on any atom is 0.125 e. The molecule has 1 unspecified atom stereocenters. The van der Waals surface area contributed by atoms with E-state index >= 15 is 0 Å². The maximum absolute atomic E-state index is 10.2. The highest BCUT2D eigenvalue weighted by atomic mass is 35.5. The van der Waals surface area contributed by atoms with E-state index in [0.29, 0.717) is 16.3 Å². The van der Waals surface area contributed by atoms with Crippen LogP contribution in [0.1, 0.15) is 12.5 Å². The molecule has 0 saturated heterocycles. The molecule has 1 rings (SSSR count). The monoisotopic (exact) mass is 230 g/mol. The third kappa shape index (κ3) is 2.84. The van der Waals surface area contributed by atoms with E-state index in [-0.39, 0.29) is 6.61 Å². The quantitative estimate of drug-likeness (QED) is 0.862. The van der Waals surface area contributed by atoms with Crippen LogP contribution in [-0.4, -0.2) is 25.9 Å². The van der Waals surface area contributed by atoms with Crippen molar-refractivity contribution in [3.8, 4) is 5.75 Å². The number of ether oxygens (including phenoxy) is 2. The molecule has 0 aliphatic rings. The Hall–Kier alpha value is -0.770. The number of hydrogen-bond donors (Lipinski definition) is 1. The zero-order valence-corrected chi connectivity index (χ0v) is 9.84. The van der Waals surface area contributed by atoms with Crippen molar-refractivity contribution >= 4 is 11.6 Å². The first-order valence-corrected chi connectivity index (χ1v) is 4.94. The minimum atomic E-state index is -1.11. The Morgan fingerprint density at radius 1 is 1.40 bits per heavy atom. The Bertz CT molecular complexity index is 337. The Balaban J connectivity index is 3.15. The molecule has 0 aliphatic heterocycles. The summed E-state index contributed by atoms with van der Waals surface area (Å²) in [5, 5.41) is 10.7. The number of hydrogen-bond acceptors (Lipinski definition) is 3. The molecule has 0 fully saturated rings. The van der Waals surface area contributed by atoms with Gasteiger partial charge in [0.1, 0.15) is 11.4 Å². The fourth-order valence-corrected chi connectivity index (χ4v) is 1.63. The van der Waals surface area contributed by atoms with Crippen molar-refractivity contribution in [2.24, 2.45) is 0 Å². The van der Waals surface area contributed by atoms with E-state index in [9.17, 15) is 5.11 Å². The third-order valence-corrected chi connectivity index (χ3v) is 2.40. The lowest BCUT2D eigenvalue weighted by molar-refractivity contribution is -0.0222. The van der Waals surface area contributed by atoms with E-state index in [1.54, 1.807) is 32.2 Å². The second kappa shape index (κ2) is 4.84. The fourth-order valence-electron chi connectivity index (χ4n) is 1.46. The van der Waals surface area contributed by atoms with Crippen LogP contribution in [0.25, 0.3) is 0 Å². The van der Waals surface area contributed by atoms with Gasteiger partial charge in [-0.05, 0) is 25.1 Å². The summed E-state index contributed by atoms with van der Waals surface area (Å²) in [5.41, 5.74) is -0.482. The molecule has 0 radical (unpaired) electrons. The van der Waals surface area contributed by atoms with Crippen molar-refractivity contribution in [3.63, 3.8) is 0 Å². The molecule has 0 saturated carbocycles. The summed E-state index contributed by atoms with van der Waals surface area (Å²) in [6.07, 6.45) is 0. The van der Waals surface area contributed by atoms with E-state index in [0.717, 1.165) is 0 Å². The first kappa shape index (κ1) is 12.3. The minimum Gasteiger partial charge on any atom is -0.496 e. The molecule has 0 aromatic heterocycles. The normalized spacial score (nSPS) is 14.7. The predicted octanol–water partition coefficient (Wildman–Crippen LogP) is 2.20. The maximum atomic E-state index is 10.2. The lowest BCUT2D eigenvalue weighted by Gasteiger charge is -2.24. The first-order chi connectivity index (χ1) is 7.01. The fraction of sp³-hybridized carbons (Fsp3) is 0.455. The molecule has 1 aromatic carbocycles. The van der Waals surface area contributed by atoms with Gasteiger partial charge in [0.05, 0.1) is 13.7 Å². The molecule has 0 heterocycles. The number of halogens is 1. The zero-order chi connectivity index (χ0) is 11.5. The zero-order valence-electron chi connectivity index (χ0n) is 9.08. The highest BCUT2D eigenvalue weighted by Gasteiger charge is 2.27. The highest BCUT2D eigenvalue weighted by Crippen LogP contribution is 2.32. The highest BCUT2D eigenvalue weighted by molar-refractivity contribution is 6.30. The average molecular weight is 231 g/mol. The summed E-state index contributed by atoms with van der Waals surface area (Å²) in [6, 6.07) is 5.12. The first-order valence-electron chi connectivity index (χ1n) is 4.56. The Kier molecular flexibility index (Phi) is 3.97. The van der Waals surface area contributed by atoms with Gasteiger partial charge in [-0.15, -0.1) is 0 Å². The summed E-state index contributed by atoms with van der Waals surface area (Å²) in [7, 11) is 3.08. The van der Waals surface area contributed by atoms with E-state index < -0.39 is 5.60 Å². The van der Waals surface area contributed by atoms with Crippen molar-refractivity contribution < 1.29 is 14.6 Å². The smallest absolute Gasteiger partial charge is 0.125 e. The topological polar surface area (TPSA) is 38.7 Å². The molecule has 4 heteroatoms. The van der Waals surface area contributed by atoms with Crippen LogP contribution in [-0.2, 0) is 10.3 Å². The molecular weight excluding hydrogens is 216 g/mol. The molecule has 3 nitrogen and oxygen atoms in total. The SMILES string of the molecule is COCC(C)(O)c1cc(Cl)ccc1OC. The molecule has 0 aliphatic carbocycles. The number of methoxy groups -OCH3 is 2. The lowest BCUT2D eigenvalue weighted by atomic mass is 9.96. The van der Waals surface area contributed by atoms with E-state index in [4.69, 9.17) is 21.1 Å². The second-order valence-electron chi connectivity index (χ2n) is 3.55. The van der Waals surface area contributed by atoms with Crippen LogP contribution in [0.15, 0.2) is 18.2 Å². The molecule has 15 heavy (non-hydrogen) atoms. The van der Waals surface area contributed by atoms with Crippen LogP contribution in [0.5, 0.6) is 5.75 Å². The third-order valence-electron chi connectivity index (χ3n) is 2.17. The van der Waals surface area contributed by atoms with Gasteiger partial charge in [-0.2, -0.15) is 0 Å². The predicted molar refractivity (Wildman–Crippen MR) is 59.5 cm³/mol. The Morgan fingerprint density at radius 3 is 2.60 bits per heavy atom. The second-order valence-corrected chi connectivity index (χ2v) is 3.99. The van der Waals surface area contributed by atoms with Crippen LogP contribution in [0, 0.1) is 0 Å². The van der Waals surface area contributed by atoms with Gasteiger partial charge in [0.2, 0.25) is 0 Å². The Labute approximate surface area is 94.6 Å². The van der Waals surface area contributed by atoms with Gasteiger partial charge >= 0.3 is 0 Å². The van der Waals surface area contributed by atoms with Crippen molar-refractivity contribution in [1.82, 2.24) is 0 Å². The largest absolute Gasteiger partial charge is 0.496 e. The molecule has 0 amide bonds. The molecular formula is C11H15ClO3. The minimum absolute atomic E-state index is 0.184. The van der Waals surface area contributed by atoms with E-state index in [1.165, 1.54) is 7.11 Å². The number of benzene rings is 1. The molecule has 1 atom stereocenters. The van der Waals surface area contributed by atoms with Gasteiger partial charge in [0, 0.05) is 17.7 Å². The summed E-state index contributed by atoms with van der Waals surface area (Å²) < 4.78 is 10.1. The van der Waals surface area contributed by atoms with Crippen LogP contribution in [0.4, 0.5) is 0 Å². The average Bonchev–Trinajstić information content (AvgIpc) is 2.17. The van der Waals surface area contributed by atoms with Crippen LogP contribution < -0.4 is 4.74 Å². The van der Waals surface area contributed by atoms with E-state index in [2.05, 4.69) is 0 Å².